The third-order valence-electron chi connectivity index (χ3n) is 3.04. The second kappa shape index (κ2) is 5.82. The van der Waals surface area contributed by atoms with E-state index in [1.165, 1.54) is 15.9 Å². The first-order valence-electron chi connectivity index (χ1n) is 6.40. The number of hydrogen-bond acceptors (Lipinski definition) is 0. The van der Waals surface area contributed by atoms with Gasteiger partial charge in [0.05, 0.1) is 0 Å². The molecule has 1 radical (unpaired) electrons. The maximum absolute atomic E-state index is 2.23. The summed E-state index contributed by atoms with van der Waals surface area (Å²) in [5, 5.41) is 4.19. The van der Waals surface area contributed by atoms with Crippen molar-refractivity contribution in [2.75, 3.05) is 0 Å². The average Bonchev–Trinajstić information content (AvgIpc) is 2.51. The number of hydrogen-bond donors (Lipinski definition) is 0. The van der Waals surface area contributed by atoms with Crippen molar-refractivity contribution in [3.8, 4) is 0 Å². The van der Waals surface area contributed by atoms with Crippen LogP contribution in [0.25, 0.3) is 0 Å². The predicted octanol–water partition coefficient (Wildman–Crippen LogP) is 3.44. The summed E-state index contributed by atoms with van der Waals surface area (Å²) in [5.41, 5.74) is 0. The quantitative estimate of drug-likeness (QED) is 0.634. The van der Waals surface area contributed by atoms with E-state index in [9.17, 15) is 0 Å². The molecule has 0 aliphatic heterocycles. The fourth-order valence-electron chi connectivity index (χ4n) is 2.18. The molecule has 0 bridgehead atoms. The lowest BCUT2D eigenvalue weighted by Gasteiger charge is -2.04. The average molecular weight is 262 g/mol. The molecule has 0 N–H and O–H groups in total. The van der Waals surface area contributed by atoms with Crippen molar-refractivity contribution < 1.29 is 0 Å². The topological polar surface area (TPSA) is 0 Å². The summed E-state index contributed by atoms with van der Waals surface area (Å²) < 4.78 is 0. The molecule has 0 spiro atoms. The molecule has 0 fully saturated rings. The zero-order valence-electron chi connectivity index (χ0n) is 10.6. The normalized spacial score (nSPS) is 10.6. The lowest BCUT2D eigenvalue weighted by atomic mass is 10.4. The van der Waals surface area contributed by atoms with Crippen LogP contribution < -0.4 is 15.9 Å². The second-order valence-electron chi connectivity index (χ2n) is 4.34. The van der Waals surface area contributed by atoms with Crippen LogP contribution in [-0.4, -0.2) is 0 Å². The van der Waals surface area contributed by atoms with Gasteiger partial charge in [0.2, 0.25) is 7.92 Å². The van der Waals surface area contributed by atoms with Gasteiger partial charge in [-0.3, -0.25) is 0 Å². The van der Waals surface area contributed by atoms with Crippen LogP contribution in [0.15, 0.2) is 91.0 Å². The molecule has 0 aliphatic carbocycles. The molecule has 3 aromatic rings. The Hall–Kier alpha value is -1.91. The van der Waals surface area contributed by atoms with Gasteiger partial charge >= 0.3 is 0 Å². The van der Waals surface area contributed by atoms with Gasteiger partial charge in [0.25, 0.3) is 0 Å². The summed E-state index contributed by atoms with van der Waals surface area (Å²) in [4.78, 5) is 0. The summed E-state index contributed by atoms with van der Waals surface area (Å²) in [5.74, 6) is 0. The molecular weight excluding hydrogens is 247 g/mol. The molecule has 0 aromatic heterocycles. The van der Waals surface area contributed by atoms with Gasteiger partial charge in [0.1, 0.15) is 15.9 Å². The Bertz CT molecular complexity index is 524. The fourth-order valence-corrected chi connectivity index (χ4v) is 4.48. The summed E-state index contributed by atoms with van der Waals surface area (Å²) in [7, 11) is -0.446. The maximum Gasteiger partial charge on any atom is 0.246 e. The van der Waals surface area contributed by atoms with Crippen LogP contribution in [-0.2, 0) is 0 Å². The molecule has 0 nitrogen and oxygen atoms in total. The minimum absolute atomic E-state index is 0.446. The largest absolute Gasteiger partial charge is 0.246 e. The van der Waals surface area contributed by atoms with Gasteiger partial charge in [-0.15, -0.1) is 0 Å². The fraction of sp³-hybridized carbons (Fsp3) is 0. The Labute approximate surface area is 115 Å². The molecule has 3 rings (SSSR count). The van der Waals surface area contributed by atoms with Crippen LogP contribution >= 0.6 is 7.92 Å². The zero-order valence-corrected chi connectivity index (χ0v) is 11.5. The molecule has 19 heavy (non-hydrogen) atoms. The van der Waals surface area contributed by atoms with Crippen LogP contribution in [0.5, 0.6) is 0 Å². The van der Waals surface area contributed by atoms with Crippen molar-refractivity contribution in [1.29, 1.82) is 0 Å². The van der Waals surface area contributed by atoms with Crippen molar-refractivity contribution in [3.05, 3.63) is 91.0 Å². The van der Waals surface area contributed by atoms with Crippen LogP contribution in [0.1, 0.15) is 0 Å². The molecule has 0 atom stereocenters. The number of benzene rings is 3. The van der Waals surface area contributed by atoms with E-state index in [4.69, 9.17) is 0 Å². The summed E-state index contributed by atoms with van der Waals surface area (Å²) in [6, 6.07) is 32.3. The van der Waals surface area contributed by atoms with Gasteiger partial charge in [-0.2, -0.15) is 0 Å². The minimum atomic E-state index is -0.446. The first-order chi connectivity index (χ1) is 9.45. The molecule has 0 saturated heterocycles. The molecule has 1 heteroatoms. The van der Waals surface area contributed by atoms with E-state index in [2.05, 4.69) is 91.0 Å². The third-order valence-corrected chi connectivity index (χ3v) is 5.49. The van der Waals surface area contributed by atoms with E-state index >= 15 is 0 Å². The third kappa shape index (κ3) is 2.75. The number of rotatable bonds is 3. The van der Waals surface area contributed by atoms with Gasteiger partial charge in [0, 0.05) is 0 Å². The van der Waals surface area contributed by atoms with Crippen molar-refractivity contribution >= 4 is 23.8 Å². The van der Waals surface area contributed by atoms with Crippen molar-refractivity contribution in [1.82, 2.24) is 0 Å². The molecular formula is C18H15P+. The highest BCUT2D eigenvalue weighted by Gasteiger charge is 2.30. The van der Waals surface area contributed by atoms with Crippen LogP contribution in [0.2, 0.25) is 0 Å². The highest BCUT2D eigenvalue weighted by molar-refractivity contribution is 7.79. The van der Waals surface area contributed by atoms with Crippen LogP contribution in [0, 0.1) is 0 Å². The Morgan fingerprint density at radius 3 is 0.895 bits per heavy atom. The van der Waals surface area contributed by atoms with Crippen molar-refractivity contribution in [3.63, 3.8) is 0 Å². The standard InChI is InChI=1S/C18H15P/c1-4-10-16(11-5-1)19(17-12-6-2-7-13-17)18-14-8-3-9-15-18/h1-15H/q+1. The molecule has 0 unspecified atom stereocenters. The summed E-state index contributed by atoms with van der Waals surface area (Å²) in [6.07, 6.45) is 0. The van der Waals surface area contributed by atoms with E-state index in [0.29, 0.717) is 0 Å². The zero-order chi connectivity index (χ0) is 12.9. The molecule has 0 heterocycles. The van der Waals surface area contributed by atoms with E-state index in [0.717, 1.165) is 0 Å². The van der Waals surface area contributed by atoms with Crippen LogP contribution in [0.3, 0.4) is 0 Å². The second-order valence-corrected chi connectivity index (χ2v) is 6.56. The van der Waals surface area contributed by atoms with Gasteiger partial charge in [0.15, 0.2) is 0 Å². The van der Waals surface area contributed by atoms with E-state index < -0.39 is 7.92 Å². The van der Waals surface area contributed by atoms with Gasteiger partial charge in [-0.05, 0) is 36.4 Å². The van der Waals surface area contributed by atoms with Gasteiger partial charge in [-0.1, -0.05) is 54.6 Å². The van der Waals surface area contributed by atoms with Gasteiger partial charge in [-0.25, -0.2) is 0 Å². The Morgan fingerprint density at radius 2 is 0.632 bits per heavy atom. The Balaban J connectivity index is 2.12. The Kier molecular flexibility index (Phi) is 3.72. The van der Waals surface area contributed by atoms with Crippen molar-refractivity contribution in [2.45, 2.75) is 0 Å². The maximum atomic E-state index is 2.23. The molecule has 0 amide bonds. The minimum Gasteiger partial charge on any atom is -0.0620 e. The lowest BCUT2D eigenvalue weighted by molar-refractivity contribution is 1.74. The first-order valence-corrected chi connectivity index (χ1v) is 7.74. The highest BCUT2D eigenvalue weighted by Crippen LogP contribution is 2.32. The van der Waals surface area contributed by atoms with Crippen molar-refractivity contribution in [2.24, 2.45) is 0 Å². The monoisotopic (exact) mass is 262 g/mol. The molecule has 91 valence electrons. The highest BCUT2D eigenvalue weighted by atomic mass is 31.1. The van der Waals surface area contributed by atoms with E-state index in [-0.39, 0.29) is 0 Å². The summed E-state index contributed by atoms with van der Waals surface area (Å²) in [6.45, 7) is 0. The van der Waals surface area contributed by atoms with E-state index in [1.54, 1.807) is 0 Å². The predicted molar refractivity (Wildman–Crippen MR) is 85.1 cm³/mol. The molecule has 0 aliphatic rings. The Morgan fingerprint density at radius 1 is 0.368 bits per heavy atom. The van der Waals surface area contributed by atoms with Crippen LogP contribution in [0.4, 0.5) is 0 Å². The summed E-state index contributed by atoms with van der Waals surface area (Å²) >= 11 is 0. The van der Waals surface area contributed by atoms with E-state index in [1.807, 2.05) is 0 Å². The van der Waals surface area contributed by atoms with Gasteiger partial charge < -0.3 is 0 Å². The lowest BCUT2D eigenvalue weighted by Crippen LogP contribution is -2.20. The molecule has 3 aromatic carbocycles. The first kappa shape index (κ1) is 12.1. The SMILES string of the molecule is c1ccc([P+](c2ccccc2)c2ccccc2)cc1. The smallest absolute Gasteiger partial charge is 0.0620 e. The molecule has 0 saturated carbocycles.